The highest BCUT2D eigenvalue weighted by Gasteiger charge is 2.26. The number of benzene rings is 1. The Morgan fingerprint density at radius 3 is 2.52 bits per heavy atom. The van der Waals surface area contributed by atoms with Gasteiger partial charge in [-0.3, -0.25) is 4.79 Å². The molecule has 2 aromatic rings. The number of hydrogen-bond donors (Lipinski definition) is 1. The molecule has 0 aliphatic heterocycles. The molecular weight excluding hydrogens is 266 g/mol. The minimum absolute atomic E-state index is 0.173. The number of nitrogens with zero attached hydrogens (tertiary/aromatic N) is 1. The highest BCUT2D eigenvalue weighted by molar-refractivity contribution is 5.99. The molecule has 0 saturated heterocycles. The summed E-state index contributed by atoms with van der Waals surface area (Å²) >= 11 is 0. The van der Waals surface area contributed by atoms with Crippen molar-refractivity contribution in [3.8, 4) is 0 Å². The van der Waals surface area contributed by atoms with Crippen molar-refractivity contribution in [2.45, 2.75) is 40.2 Å². The van der Waals surface area contributed by atoms with E-state index in [1.165, 1.54) is 0 Å². The second-order valence-corrected chi connectivity index (χ2v) is 6.14. The fourth-order valence-corrected chi connectivity index (χ4v) is 2.53. The van der Waals surface area contributed by atoms with Gasteiger partial charge in [0.25, 0.3) is 5.91 Å². The Bertz CT molecular complexity index is 664. The number of aryl methyl sites for hydroxylation is 2. The normalized spacial score (nSPS) is 11.9. The lowest BCUT2D eigenvalue weighted by Crippen LogP contribution is -2.42. The number of carbonyl (C=O) groups is 1. The van der Waals surface area contributed by atoms with E-state index in [0.717, 1.165) is 22.1 Å². The summed E-state index contributed by atoms with van der Waals surface area (Å²) in [5.74, 6) is 0.193. The maximum Gasteiger partial charge on any atom is 0.289 e. The average Bonchev–Trinajstić information content (AvgIpc) is 2.73. The smallest absolute Gasteiger partial charge is 0.289 e. The number of carbonyl (C=O) groups excluding carboxylic acids is 1. The molecule has 2 rings (SSSR count). The molecule has 0 radical (unpaired) electrons. The summed E-state index contributed by atoms with van der Waals surface area (Å²) in [6.07, 6.45) is 0. The van der Waals surface area contributed by atoms with Crippen LogP contribution in [0.5, 0.6) is 0 Å². The third-order valence-electron chi connectivity index (χ3n) is 3.60. The maximum absolute atomic E-state index is 12.7. The van der Waals surface area contributed by atoms with Crippen LogP contribution in [0.4, 0.5) is 0 Å². The van der Waals surface area contributed by atoms with E-state index < -0.39 is 5.60 Å². The summed E-state index contributed by atoms with van der Waals surface area (Å²) < 4.78 is 5.82. The van der Waals surface area contributed by atoms with Crippen molar-refractivity contribution in [1.82, 2.24) is 4.90 Å². The van der Waals surface area contributed by atoms with E-state index in [9.17, 15) is 9.90 Å². The first-order valence-corrected chi connectivity index (χ1v) is 7.25. The molecule has 1 N–H and O–H groups in total. The molecule has 0 atom stereocenters. The summed E-state index contributed by atoms with van der Waals surface area (Å²) in [6, 6.07) is 5.89. The standard InChI is InChI=1S/C17H23NO3/c1-6-18(10-17(4,5)20)16(19)15-12(3)13-9-7-8-11(2)14(13)21-15/h7-9,20H,6,10H2,1-5H3. The van der Waals surface area contributed by atoms with Crippen molar-refractivity contribution in [2.75, 3.05) is 13.1 Å². The highest BCUT2D eigenvalue weighted by atomic mass is 16.3. The lowest BCUT2D eigenvalue weighted by molar-refractivity contribution is 0.0299. The van der Waals surface area contributed by atoms with E-state index in [4.69, 9.17) is 4.42 Å². The van der Waals surface area contributed by atoms with Crippen LogP contribution in [0.2, 0.25) is 0 Å². The molecule has 4 heteroatoms. The molecule has 114 valence electrons. The second-order valence-electron chi connectivity index (χ2n) is 6.14. The Morgan fingerprint density at radius 2 is 2.00 bits per heavy atom. The molecule has 21 heavy (non-hydrogen) atoms. The van der Waals surface area contributed by atoms with Gasteiger partial charge in [0, 0.05) is 24.0 Å². The Labute approximate surface area is 125 Å². The molecule has 0 fully saturated rings. The van der Waals surface area contributed by atoms with E-state index in [0.29, 0.717) is 12.3 Å². The molecule has 4 nitrogen and oxygen atoms in total. The van der Waals surface area contributed by atoms with Crippen LogP contribution >= 0.6 is 0 Å². The fourth-order valence-electron chi connectivity index (χ4n) is 2.53. The van der Waals surface area contributed by atoms with Gasteiger partial charge in [0.1, 0.15) is 5.58 Å². The first kappa shape index (κ1) is 15.6. The van der Waals surface area contributed by atoms with E-state index in [-0.39, 0.29) is 12.5 Å². The van der Waals surface area contributed by atoms with E-state index in [2.05, 4.69) is 0 Å². The maximum atomic E-state index is 12.7. The van der Waals surface area contributed by atoms with Gasteiger partial charge >= 0.3 is 0 Å². The number of para-hydroxylation sites is 1. The largest absolute Gasteiger partial charge is 0.450 e. The van der Waals surface area contributed by atoms with Crippen molar-refractivity contribution in [3.63, 3.8) is 0 Å². The van der Waals surface area contributed by atoms with E-state index in [1.54, 1.807) is 18.7 Å². The van der Waals surface area contributed by atoms with E-state index in [1.807, 2.05) is 39.0 Å². The van der Waals surface area contributed by atoms with Gasteiger partial charge in [-0.1, -0.05) is 18.2 Å². The first-order chi connectivity index (χ1) is 9.74. The lowest BCUT2D eigenvalue weighted by Gasteiger charge is -2.27. The first-order valence-electron chi connectivity index (χ1n) is 7.25. The topological polar surface area (TPSA) is 53.7 Å². The molecular formula is C17H23NO3. The summed E-state index contributed by atoms with van der Waals surface area (Å²) in [7, 11) is 0. The average molecular weight is 289 g/mol. The van der Waals surface area contributed by atoms with Crippen molar-refractivity contribution >= 4 is 16.9 Å². The van der Waals surface area contributed by atoms with Crippen LogP contribution < -0.4 is 0 Å². The molecule has 1 amide bonds. The van der Waals surface area contributed by atoms with Crippen LogP contribution in [0, 0.1) is 13.8 Å². The zero-order valence-electron chi connectivity index (χ0n) is 13.4. The monoisotopic (exact) mass is 289 g/mol. The minimum Gasteiger partial charge on any atom is -0.450 e. The highest BCUT2D eigenvalue weighted by Crippen LogP contribution is 2.28. The van der Waals surface area contributed by atoms with Gasteiger partial charge in [0.15, 0.2) is 5.76 Å². The number of amides is 1. The SMILES string of the molecule is CCN(CC(C)(C)O)C(=O)c1oc2c(C)cccc2c1C. The van der Waals surface area contributed by atoms with Crippen LogP contribution in [0.25, 0.3) is 11.0 Å². The second kappa shape index (κ2) is 5.53. The number of likely N-dealkylation sites (N-methyl/N-ethyl adjacent to an activating group) is 1. The molecule has 0 saturated carbocycles. The Morgan fingerprint density at radius 1 is 1.33 bits per heavy atom. The van der Waals surface area contributed by atoms with Crippen LogP contribution in [0.1, 0.15) is 42.5 Å². The van der Waals surface area contributed by atoms with Gasteiger partial charge < -0.3 is 14.4 Å². The third-order valence-corrected chi connectivity index (χ3v) is 3.60. The van der Waals surface area contributed by atoms with E-state index >= 15 is 0 Å². The third kappa shape index (κ3) is 3.10. The number of hydrogen-bond acceptors (Lipinski definition) is 3. The molecule has 0 spiro atoms. The molecule has 0 bridgehead atoms. The molecule has 1 aromatic heterocycles. The molecule has 0 aliphatic rings. The summed E-state index contributed by atoms with van der Waals surface area (Å²) in [6.45, 7) is 9.95. The van der Waals surface area contributed by atoms with Crippen molar-refractivity contribution < 1.29 is 14.3 Å². The Kier molecular flexibility index (Phi) is 4.10. The number of aliphatic hydroxyl groups is 1. The van der Waals surface area contributed by atoms with Crippen LogP contribution in [-0.4, -0.2) is 34.6 Å². The van der Waals surface area contributed by atoms with Crippen molar-refractivity contribution in [2.24, 2.45) is 0 Å². The van der Waals surface area contributed by atoms with Gasteiger partial charge in [-0.05, 0) is 40.2 Å². The number of furan rings is 1. The van der Waals surface area contributed by atoms with Gasteiger partial charge in [-0.25, -0.2) is 0 Å². The summed E-state index contributed by atoms with van der Waals surface area (Å²) in [4.78, 5) is 14.3. The zero-order valence-corrected chi connectivity index (χ0v) is 13.4. The Hall–Kier alpha value is -1.81. The molecule has 0 aliphatic carbocycles. The number of fused-ring (bicyclic) bond motifs is 1. The zero-order chi connectivity index (χ0) is 15.8. The van der Waals surface area contributed by atoms with Crippen LogP contribution in [-0.2, 0) is 0 Å². The molecule has 1 aromatic carbocycles. The van der Waals surface area contributed by atoms with Crippen molar-refractivity contribution in [3.05, 3.63) is 35.1 Å². The summed E-state index contributed by atoms with van der Waals surface area (Å²) in [5, 5.41) is 10.9. The predicted molar refractivity (Wildman–Crippen MR) is 83.6 cm³/mol. The predicted octanol–water partition coefficient (Wildman–Crippen LogP) is 3.28. The van der Waals surface area contributed by atoms with Gasteiger partial charge in [0.2, 0.25) is 0 Å². The summed E-state index contributed by atoms with van der Waals surface area (Å²) in [5.41, 5.74) is 1.70. The van der Waals surface area contributed by atoms with Gasteiger partial charge in [0.05, 0.1) is 5.60 Å². The fraction of sp³-hybridized carbons (Fsp3) is 0.471. The van der Waals surface area contributed by atoms with Crippen molar-refractivity contribution in [1.29, 1.82) is 0 Å². The van der Waals surface area contributed by atoms with Crippen LogP contribution in [0.3, 0.4) is 0 Å². The van der Waals surface area contributed by atoms with Gasteiger partial charge in [-0.2, -0.15) is 0 Å². The Balaban J connectivity index is 2.43. The number of rotatable bonds is 4. The molecule has 1 heterocycles. The van der Waals surface area contributed by atoms with Gasteiger partial charge in [-0.15, -0.1) is 0 Å². The lowest BCUT2D eigenvalue weighted by atomic mass is 10.1. The molecule has 0 unspecified atom stereocenters. The minimum atomic E-state index is -0.929. The quantitative estimate of drug-likeness (QED) is 0.939. The van der Waals surface area contributed by atoms with Crippen LogP contribution in [0.15, 0.2) is 22.6 Å².